The van der Waals surface area contributed by atoms with Crippen molar-refractivity contribution in [3.05, 3.63) is 0 Å². The summed E-state index contributed by atoms with van der Waals surface area (Å²) < 4.78 is 87.3. The molecule has 748 valence electrons. The third-order valence-electron chi connectivity index (χ3n) is 22.8. The molecule has 8 heterocycles. The summed E-state index contributed by atoms with van der Waals surface area (Å²) >= 11 is 0. The molecule has 0 aliphatic carbocycles. The van der Waals surface area contributed by atoms with Crippen molar-refractivity contribution in [2.45, 2.75) is 314 Å². The van der Waals surface area contributed by atoms with E-state index in [0.717, 1.165) is 20.8 Å². The lowest BCUT2D eigenvalue weighted by atomic mass is 9.87. The first-order valence-corrected chi connectivity index (χ1v) is 40.0. The standard InChI is InChI=1S/C70H113N5O55/c1-18(86)71-35-21(89)6-69(65(112)113,127-55(35)44(101)29(12-80)123-67(63(108)109)4-23(91)37(74-33(95)16-84)53(125-67)40(97)25(93)8-76)129-57-43(100)28(11-79)118-61(48(57)105)122-52-39(73-20(3)88)60(117-27(10-78)42(52)99)121-51-32(15-83)119-62(120-50-31(14-82)116-59(107)47(104)46(50)103)49(106)58(51)130-70(66(114)115)7-22(90)36(72-19(2)87)56(128-70)45(102)30(13-81)124-68(64(110)111)5-24(92)38(75-34(96)17-85)54(126-68)41(98)26(94)9-77/h21-32,35-62,76-85,89-94,97-107H,4-17H2,1-3H3,(H,71,86)(H,72,87)(H,73,88)(H,74,95)(H,75,96)(H,108,109)(H,110,111)(H,112,113)(H,114,115)/t21-,22-,23-,24-,25+,26+,27+,28+,29+,30+,31+,32+,35+,36+,37+,38+,39+,40+,41+,42-,43-,44+,45+,46+,47+,48+,49+,50+,51-,52+,53+,54+,55+,56+,57-,58+,59+,60-,61-,62-,67+,68+,69-,70-/m0/s1. The Balaban J connectivity index is 1.18. The largest absolute Gasteiger partial charge is 0.477 e. The van der Waals surface area contributed by atoms with Crippen molar-refractivity contribution >= 4 is 53.4 Å². The zero-order valence-electron chi connectivity index (χ0n) is 68.7. The second kappa shape index (κ2) is 45.9. The second-order valence-corrected chi connectivity index (χ2v) is 31.8. The summed E-state index contributed by atoms with van der Waals surface area (Å²) in [5, 5.41) is 355. The lowest BCUT2D eigenvalue weighted by molar-refractivity contribution is -0.405. The van der Waals surface area contributed by atoms with Gasteiger partial charge in [-0.25, -0.2) is 19.2 Å². The van der Waals surface area contributed by atoms with Gasteiger partial charge in [-0.05, 0) is 0 Å². The lowest BCUT2D eigenvalue weighted by Crippen LogP contribution is -2.73. The van der Waals surface area contributed by atoms with E-state index in [1.54, 1.807) is 0 Å². The minimum atomic E-state index is -3.85. The maximum Gasteiger partial charge on any atom is 0.364 e. The van der Waals surface area contributed by atoms with Crippen LogP contribution in [0, 0.1) is 0 Å². The van der Waals surface area contributed by atoms with Crippen molar-refractivity contribution in [3.8, 4) is 0 Å². The summed E-state index contributed by atoms with van der Waals surface area (Å²) in [4.78, 5) is 119. The summed E-state index contributed by atoms with van der Waals surface area (Å²) in [7, 11) is 0. The number of aliphatic carboxylic acids is 4. The topological polar surface area (TPSA) is 979 Å². The highest BCUT2D eigenvalue weighted by Crippen LogP contribution is 2.46. The van der Waals surface area contributed by atoms with Crippen LogP contribution in [-0.2, 0) is 114 Å². The van der Waals surface area contributed by atoms with Crippen LogP contribution >= 0.6 is 0 Å². The zero-order chi connectivity index (χ0) is 97.3. The van der Waals surface area contributed by atoms with Crippen LogP contribution in [0.1, 0.15) is 46.5 Å². The molecular weight excluding hydrogens is 1790 g/mol. The molecule has 0 saturated carbocycles. The molecule has 0 aromatic carbocycles. The van der Waals surface area contributed by atoms with Crippen molar-refractivity contribution in [2.24, 2.45) is 0 Å². The van der Waals surface area contributed by atoms with E-state index in [4.69, 9.17) is 71.1 Å². The van der Waals surface area contributed by atoms with Gasteiger partial charge < -0.3 is 256 Å². The molecule has 60 nitrogen and oxygen atoms in total. The van der Waals surface area contributed by atoms with Gasteiger partial charge in [-0.1, -0.05) is 0 Å². The van der Waals surface area contributed by atoms with Crippen LogP contribution in [0.2, 0.25) is 0 Å². The second-order valence-electron chi connectivity index (χ2n) is 31.8. The van der Waals surface area contributed by atoms with Crippen molar-refractivity contribution in [1.29, 1.82) is 0 Å². The monoisotopic (exact) mass is 1900 g/mol. The lowest BCUT2D eigenvalue weighted by Gasteiger charge is -2.53. The number of ether oxygens (including phenoxy) is 15. The number of hydrogen-bond donors (Lipinski definition) is 36. The number of rotatable bonds is 41. The molecule has 44 atom stereocenters. The molecule has 130 heavy (non-hydrogen) atoms. The maximum absolute atomic E-state index is 14.3. The van der Waals surface area contributed by atoms with E-state index in [2.05, 4.69) is 16.0 Å². The van der Waals surface area contributed by atoms with Crippen LogP contribution in [0.3, 0.4) is 0 Å². The summed E-state index contributed by atoms with van der Waals surface area (Å²) in [6.45, 7) is -11.9. The Morgan fingerprint density at radius 2 is 0.638 bits per heavy atom. The predicted molar refractivity (Wildman–Crippen MR) is 394 cm³/mol. The van der Waals surface area contributed by atoms with Crippen LogP contribution in [-0.4, -0.2) is 546 Å². The molecule has 0 aromatic rings. The fraction of sp³-hybridized carbons (Fsp3) is 0.871. The van der Waals surface area contributed by atoms with E-state index in [1.165, 1.54) is 0 Å². The van der Waals surface area contributed by atoms with Crippen molar-refractivity contribution in [3.63, 3.8) is 0 Å². The zero-order valence-corrected chi connectivity index (χ0v) is 68.7. The van der Waals surface area contributed by atoms with Crippen LogP contribution in [0.4, 0.5) is 0 Å². The molecule has 8 aliphatic heterocycles. The van der Waals surface area contributed by atoms with E-state index < -0.39 is 413 Å². The Bertz CT molecular complexity index is 3760. The smallest absolute Gasteiger partial charge is 0.364 e. The number of aliphatic hydroxyl groups is 27. The van der Waals surface area contributed by atoms with Crippen molar-refractivity contribution in [2.75, 3.05) is 66.1 Å². The maximum atomic E-state index is 14.3. The SMILES string of the molecule is CC(=O)N[C@H]1[C@H](O[C@@H]2[C@H](O[C@]3(C(=O)O)C[C@H](O)[C@@H](NC(C)=O)[C@H]([C@H](O)[C@@H](CO)O[C@]4(C(=O)O)C[C@H](O)[C@@H](NC(=O)CO)[C@H]([C@H](O)[C@H](O)CO)O4)O3)[C@@H](O)[C@H](O[C@H]3[C@H](O)[C@@H](O)[C@H](O)O[C@@H]3CO)O[C@@H]2CO)O[C@H](CO)[C@H](O)[C@@H]1O[C@@H]1O[C@H](CO)[C@H](O)[C@H](O[C@]2(C(=O)O)C[C@H](O)[C@@H](NC(C)=O)[C@H]([C@H](O)[C@@H](CO)O[C@]3(C(=O)O)C[C@H](O)[C@@H](NC(=O)CO)[C@H]([C@H](O)[C@H](O)CO)O3)O2)[C@H]1O. The Morgan fingerprint density at radius 3 is 1.00 bits per heavy atom. The molecule has 8 fully saturated rings. The van der Waals surface area contributed by atoms with Crippen molar-refractivity contribution < 1.29 is 273 Å². The molecule has 8 rings (SSSR count). The summed E-state index contributed by atoms with van der Waals surface area (Å²) in [6.07, 6.45) is -93.9. The summed E-state index contributed by atoms with van der Waals surface area (Å²) in [5.74, 6) is -30.2. The molecule has 0 spiro atoms. The first-order valence-electron chi connectivity index (χ1n) is 40.0. The van der Waals surface area contributed by atoms with Gasteiger partial charge in [0.05, 0.1) is 101 Å². The molecule has 36 N–H and O–H groups in total. The van der Waals surface area contributed by atoms with E-state index >= 15 is 0 Å². The van der Waals surface area contributed by atoms with Crippen LogP contribution in [0.15, 0.2) is 0 Å². The van der Waals surface area contributed by atoms with E-state index in [9.17, 15) is 201 Å². The third kappa shape index (κ3) is 23.6. The Morgan fingerprint density at radius 1 is 0.331 bits per heavy atom. The third-order valence-corrected chi connectivity index (χ3v) is 22.8. The predicted octanol–water partition coefficient (Wildman–Crippen LogP) is -23.0. The van der Waals surface area contributed by atoms with Gasteiger partial charge in [0.2, 0.25) is 29.5 Å². The molecule has 60 heteroatoms. The highest BCUT2D eigenvalue weighted by atomic mass is 16.8. The molecule has 0 unspecified atom stereocenters. The highest BCUT2D eigenvalue weighted by molar-refractivity contribution is 5.80. The fourth-order valence-corrected chi connectivity index (χ4v) is 16.3. The molecule has 0 radical (unpaired) electrons. The first-order chi connectivity index (χ1) is 61.0. The normalized spacial score (nSPS) is 42.0. The number of carboxylic acid groups (broad SMARTS) is 4. The Kier molecular flexibility index (Phi) is 38.5. The Labute approximate surface area is 730 Å². The Hall–Kier alpha value is -6.45. The minimum absolute atomic E-state index is 0.747. The van der Waals surface area contributed by atoms with E-state index in [0.29, 0.717) is 0 Å². The molecule has 0 bridgehead atoms. The van der Waals surface area contributed by atoms with Crippen molar-refractivity contribution in [1.82, 2.24) is 26.6 Å². The summed E-state index contributed by atoms with van der Waals surface area (Å²) in [6, 6.07) is -10.8. The number of amides is 5. The molecular formula is C70H113N5O55. The van der Waals surface area contributed by atoms with Gasteiger partial charge in [-0.15, -0.1) is 0 Å². The van der Waals surface area contributed by atoms with Gasteiger partial charge in [-0.3, -0.25) is 24.0 Å². The van der Waals surface area contributed by atoms with E-state index in [-0.39, 0.29) is 0 Å². The van der Waals surface area contributed by atoms with Crippen LogP contribution in [0.5, 0.6) is 0 Å². The average molecular weight is 1900 g/mol. The number of aliphatic hydroxyl groups excluding tert-OH is 27. The van der Waals surface area contributed by atoms with Gasteiger partial charge >= 0.3 is 23.9 Å². The number of carboxylic acids is 4. The number of hydrogen-bond acceptors (Lipinski definition) is 51. The fourth-order valence-electron chi connectivity index (χ4n) is 16.3. The molecule has 5 amide bonds. The number of carbonyl (C=O) groups is 9. The minimum Gasteiger partial charge on any atom is -0.477 e. The average Bonchev–Trinajstić information content (AvgIpc) is 0.744. The number of nitrogens with one attached hydrogen (secondary N) is 5. The summed E-state index contributed by atoms with van der Waals surface area (Å²) in [5.41, 5.74) is 0. The van der Waals surface area contributed by atoms with Crippen LogP contribution < -0.4 is 26.6 Å². The molecule has 0 aromatic heterocycles. The van der Waals surface area contributed by atoms with Gasteiger partial charge in [0, 0.05) is 46.5 Å². The van der Waals surface area contributed by atoms with Gasteiger partial charge in [0.15, 0.2) is 25.2 Å². The first kappa shape index (κ1) is 109. The number of carbonyl (C=O) groups excluding carboxylic acids is 5. The van der Waals surface area contributed by atoms with Gasteiger partial charge in [0.1, 0.15) is 184 Å². The quantitative estimate of drug-likeness (QED) is 0.0270. The van der Waals surface area contributed by atoms with Gasteiger partial charge in [0.25, 0.3) is 23.1 Å². The molecule has 8 saturated heterocycles. The van der Waals surface area contributed by atoms with Gasteiger partial charge in [-0.2, -0.15) is 0 Å². The van der Waals surface area contributed by atoms with E-state index in [1.807, 2.05) is 10.6 Å². The highest BCUT2D eigenvalue weighted by Gasteiger charge is 2.67. The molecule has 8 aliphatic rings. The van der Waals surface area contributed by atoms with Crippen LogP contribution in [0.25, 0.3) is 0 Å².